The maximum absolute atomic E-state index is 12.3. The topological polar surface area (TPSA) is 66.6 Å². The molecule has 7 heteroatoms. The van der Waals surface area contributed by atoms with Crippen LogP contribution in [-0.2, 0) is 10.2 Å². The Morgan fingerprint density at radius 3 is 2.71 bits per heavy atom. The van der Waals surface area contributed by atoms with E-state index in [2.05, 4.69) is 0 Å². The summed E-state index contributed by atoms with van der Waals surface area (Å²) in [6.45, 7) is 2.92. The van der Waals surface area contributed by atoms with Gasteiger partial charge in [-0.25, -0.2) is 0 Å². The summed E-state index contributed by atoms with van der Waals surface area (Å²) < 4.78 is 27.5. The highest BCUT2D eigenvalue weighted by molar-refractivity contribution is 7.86. The van der Waals surface area contributed by atoms with Crippen molar-refractivity contribution in [3.8, 4) is 0 Å². The first kappa shape index (κ1) is 14.8. The van der Waals surface area contributed by atoms with Gasteiger partial charge in [0.2, 0.25) is 0 Å². The largest absolute Gasteiger partial charge is 0.393 e. The lowest BCUT2D eigenvalue weighted by molar-refractivity contribution is 0.251. The molecule has 0 aromatic heterocycles. The van der Waals surface area contributed by atoms with Gasteiger partial charge in [0.05, 0.1) is 4.99 Å². The van der Waals surface area contributed by atoms with Gasteiger partial charge < -0.3 is 5.73 Å². The van der Waals surface area contributed by atoms with E-state index >= 15 is 0 Å². The molecule has 100 valence electrons. The van der Waals surface area contributed by atoms with Gasteiger partial charge in [-0.05, 0) is 19.8 Å². The summed E-state index contributed by atoms with van der Waals surface area (Å²) in [4.78, 5) is 0.346. The van der Waals surface area contributed by atoms with Gasteiger partial charge in [0.25, 0.3) is 10.2 Å². The molecule has 0 saturated carbocycles. The molecule has 0 spiro atoms. The van der Waals surface area contributed by atoms with Crippen LogP contribution in [0.15, 0.2) is 0 Å². The van der Waals surface area contributed by atoms with Crippen molar-refractivity contribution in [2.45, 2.75) is 38.6 Å². The molecule has 17 heavy (non-hydrogen) atoms. The zero-order chi connectivity index (χ0) is 13.1. The van der Waals surface area contributed by atoms with Gasteiger partial charge in [0.15, 0.2) is 0 Å². The smallest absolute Gasteiger partial charge is 0.281 e. The molecule has 2 N–H and O–H groups in total. The minimum Gasteiger partial charge on any atom is -0.393 e. The lowest BCUT2D eigenvalue weighted by atomic mass is 10.1. The third kappa shape index (κ3) is 3.87. The van der Waals surface area contributed by atoms with E-state index in [1.807, 2.05) is 6.92 Å². The fraction of sp³-hybridized carbons (Fsp3) is 0.900. The summed E-state index contributed by atoms with van der Waals surface area (Å²) in [5.74, 6) is 0. The summed E-state index contributed by atoms with van der Waals surface area (Å²) in [5.41, 5.74) is 5.39. The van der Waals surface area contributed by atoms with Gasteiger partial charge >= 0.3 is 0 Å². The monoisotopic (exact) mass is 279 g/mol. The number of rotatable bonds is 5. The number of piperidine rings is 1. The van der Waals surface area contributed by atoms with Crippen LogP contribution in [0.4, 0.5) is 0 Å². The molecule has 1 aliphatic rings. The van der Waals surface area contributed by atoms with Crippen LogP contribution < -0.4 is 5.73 Å². The molecule has 1 unspecified atom stereocenters. The average molecular weight is 279 g/mol. The molecule has 0 bridgehead atoms. The second-order valence-electron chi connectivity index (χ2n) is 4.50. The van der Waals surface area contributed by atoms with Gasteiger partial charge in [0, 0.05) is 32.6 Å². The molecule has 0 aliphatic carbocycles. The number of hydrogen-bond acceptors (Lipinski definition) is 3. The SMILES string of the molecule is CC1CCCCN1S(=O)(=O)N(C)CCC(N)=S. The van der Waals surface area contributed by atoms with Crippen LogP contribution in [-0.4, -0.2) is 48.2 Å². The number of thiocarbonyl (C=S) groups is 1. The highest BCUT2D eigenvalue weighted by atomic mass is 32.2. The Kier molecular flexibility index (Phi) is 5.30. The standard InChI is InChI=1S/C10H21N3O2S2/c1-9-5-3-4-7-13(9)17(14,15)12(2)8-6-10(11)16/h9H,3-8H2,1-2H3,(H2,11,16). The van der Waals surface area contributed by atoms with Crippen LogP contribution in [0.5, 0.6) is 0 Å². The van der Waals surface area contributed by atoms with E-state index in [9.17, 15) is 8.42 Å². The van der Waals surface area contributed by atoms with Crippen molar-refractivity contribution in [2.75, 3.05) is 20.1 Å². The van der Waals surface area contributed by atoms with E-state index in [0.29, 0.717) is 24.5 Å². The zero-order valence-electron chi connectivity index (χ0n) is 10.4. The third-order valence-electron chi connectivity index (χ3n) is 3.11. The second-order valence-corrected chi connectivity index (χ2v) is 7.01. The maximum atomic E-state index is 12.3. The molecule has 0 aromatic rings. The first-order valence-corrected chi connectivity index (χ1v) is 7.67. The molecule has 1 saturated heterocycles. The van der Waals surface area contributed by atoms with Crippen LogP contribution in [0.1, 0.15) is 32.6 Å². The van der Waals surface area contributed by atoms with E-state index in [1.54, 1.807) is 11.4 Å². The second kappa shape index (κ2) is 6.08. The minimum absolute atomic E-state index is 0.0843. The summed E-state index contributed by atoms with van der Waals surface area (Å²) in [6.07, 6.45) is 3.39. The number of nitrogens with zero attached hydrogens (tertiary/aromatic N) is 2. The van der Waals surface area contributed by atoms with Crippen molar-refractivity contribution in [1.29, 1.82) is 0 Å². The van der Waals surface area contributed by atoms with E-state index in [1.165, 1.54) is 4.31 Å². The van der Waals surface area contributed by atoms with Crippen LogP contribution in [0.2, 0.25) is 0 Å². The summed E-state index contributed by atoms with van der Waals surface area (Å²) in [6, 6.07) is 0.0843. The molecule has 1 heterocycles. The molecule has 0 amide bonds. The first-order chi connectivity index (χ1) is 7.85. The highest BCUT2D eigenvalue weighted by Crippen LogP contribution is 2.21. The lowest BCUT2D eigenvalue weighted by Gasteiger charge is -2.35. The van der Waals surface area contributed by atoms with Crippen molar-refractivity contribution in [1.82, 2.24) is 8.61 Å². The maximum Gasteiger partial charge on any atom is 0.281 e. The van der Waals surface area contributed by atoms with Crippen LogP contribution in [0.3, 0.4) is 0 Å². The molecular weight excluding hydrogens is 258 g/mol. The molecule has 1 atom stereocenters. The Hall–Kier alpha value is -0.240. The predicted molar refractivity (Wildman–Crippen MR) is 73.0 cm³/mol. The Labute approximate surface area is 109 Å². The Morgan fingerprint density at radius 2 is 2.18 bits per heavy atom. The Balaban J connectivity index is 2.68. The minimum atomic E-state index is -3.36. The molecule has 1 fully saturated rings. The van der Waals surface area contributed by atoms with Crippen LogP contribution in [0.25, 0.3) is 0 Å². The van der Waals surface area contributed by atoms with E-state index < -0.39 is 10.2 Å². The summed E-state index contributed by atoms with van der Waals surface area (Å²) in [7, 11) is -1.78. The van der Waals surface area contributed by atoms with Crippen molar-refractivity contribution in [2.24, 2.45) is 5.73 Å². The van der Waals surface area contributed by atoms with E-state index in [-0.39, 0.29) is 6.04 Å². The number of nitrogens with two attached hydrogens (primary N) is 1. The molecule has 0 radical (unpaired) electrons. The fourth-order valence-corrected chi connectivity index (χ4v) is 3.67. The Bertz CT molecular complexity index is 370. The van der Waals surface area contributed by atoms with Gasteiger partial charge in [-0.1, -0.05) is 18.6 Å². The summed E-state index contributed by atoms with van der Waals surface area (Å²) >= 11 is 4.76. The molecular formula is C10H21N3O2S2. The fourth-order valence-electron chi connectivity index (χ4n) is 1.98. The average Bonchev–Trinajstić information content (AvgIpc) is 2.26. The number of hydrogen-bond donors (Lipinski definition) is 1. The first-order valence-electron chi connectivity index (χ1n) is 5.87. The lowest BCUT2D eigenvalue weighted by Crippen LogP contribution is -2.48. The van der Waals surface area contributed by atoms with E-state index in [4.69, 9.17) is 18.0 Å². The van der Waals surface area contributed by atoms with Crippen LogP contribution in [0, 0.1) is 0 Å². The molecule has 5 nitrogen and oxygen atoms in total. The highest BCUT2D eigenvalue weighted by Gasteiger charge is 2.32. The third-order valence-corrected chi connectivity index (χ3v) is 5.41. The predicted octanol–water partition coefficient (Wildman–Crippen LogP) is 0.714. The van der Waals surface area contributed by atoms with Gasteiger partial charge in [-0.2, -0.15) is 17.0 Å². The van der Waals surface area contributed by atoms with E-state index in [0.717, 1.165) is 19.3 Å². The molecule has 1 rings (SSSR count). The van der Waals surface area contributed by atoms with Crippen molar-refractivity contribution >= 4 is 27.4 Å². The zero-order valence-corrected chi connectivity index (χ0v) is 12.1. The quantitative estimate of drug-likeness (QED) is 0.753. The molecule has 1 aliphatic heterocycles. The van der Waals surface area contributed by atoms with Crippen LogP contribution >= 0.6 is 12.2 Å². The van der Waals surface area contributed by atoms with Gasteiger partial charge in [-0.15, -0.1) is 0 Å². The van der Waals surface area contributed by atoms with Crippen molar-refractivity contribution in [3.05, 3.63) is 0 Å². The van der Waals surface area contributed by atoms with Gasteiger partial charge in [0.1, 0.15) is 0 Å². The van der Waals surface area contributed by atoms with Gasteiger partial charge in [-0.3, -0.25) is 0 Å². The Morgan fingerprint density at radius 1 is 1.53 bits per heavy atom. The molecule has 0 aromatic carbocycles. The normalized spacial score (nSPS) is 22.9. The summed E-state index contributed by atoms with van der Waals surface area (Å²) in [5, 5.41) is 0. The van der Waals surface area contributed by atoms with Crippen molar-refractivity contribution < 1.29 is 8.42 Å². The van der Waals surface area contributed by atoms with Crippen molar-refractivity contribution in [3.63, 3.8) is 0 Å².